The summed E-state index contributed by atoms with van der Waals surface area (Å²) >= 11 is 0. The van der Waals surface area contributed by atoms with Crippen LogP contribution in [0.1, 0.15) is 24.0 Å². The second-order valence-corrected chi connectivity index (χ2v) is 9.45. The number of halogens is 1. The van der Waals surface area contributed by atoms with Crippen molar-refractivity contribution in [2.45, 2.75) is 19.8 Å². The van der Waals surface area contributed by atoms with Crippen molar-refractivity contribution in [3.05, 3.63) is 35.3 Å². The summed E-state index contributed by atoms with van der Waals surface area (Å²) in [7, 11) is -3.19. The van der Waals surface area contributed by atoms with Crippen LogP contribution in [0.3, 0.4) is 0 Å². The number of pyridine rings is 1. The molecule has 144 valence electrons. The largest absolute Gasteiger partial charge is 0.383 e. The van der Waals surface area contributed by atoms with Crippen LogP contribution in [0.15, 0.2) is 18.3 Å². The van der Waals surface area contributed by atoms with Crippen LogP contribution in [0.25, 0.3) is 10.9 Å². The Bertz CT molecular complexity index is 1010. The van der Waals surface area contributed by atoms with E-state index in [1.165, 1.54) is 24.6 Å². The first-order valence-electron chi connectivity index (χ1n) is 8.71. The Kier molecular flexibility index (Phi) is 5.36. The van der Waals surface area contributed by atoms with Gasteiger partial charge in [0.25, 0.3) is 0 Å². The minimum absolute atomic E-state index is 0.0364. The first-order valence-corrected chi connectivity index (χ1v) is 10.8. The molecule has 0 saturated carbocycles. The number of aryl methyl sites for hydroxylation is 1. The molecule has 1 aromatic heterocycles. The maximum absolute atomic E-state index is 14.0. The van der Waals surface area contributed by atoms with Gasteiger partial charge in [0, 0.05) is 43.0 Å². The van der Waals surface area contributed by atoms with Crippen LogP contribution in [0.5, 0.6) is 0 Å². The number of nitrogens with zero attached hydrogens (tertiary/aromatic N) is 2. The van der Waals surface area contributed by atoms with E-state index >= 15 is 0 Å². The van der Waals surface area contributed by atoms with E-state index in [2.05, 4.69) is 16.4 Å². The SMILES string of the molecule is Cc1cc(F)cc2c(NCC3(CS(C)(=O)=O)CCOCC3)c(C#N)cnc12. The minimum Gasteiger partial charge on any atom is -0.383 e. The third-order valence-corrected chi connectivity index (χ3v) is 6.15. The smallest absolute Gasteiger partial charge is 0.148 e. The number of fused-ring (bicyclic) bond motifs is 1. The third-order valence-electron chi connectivity index (χ3n) is 5.01. The molecule has 0 spiro atoms. The van der Waals surface area contributed by atoms with Crippen LogP contribution in [0, 0.1) is 29.5 Å². The first kappa shape index (κ1) is 19.5. The number of nitrogens with one attached hydrogen (secondary N) is 1. The molecule has 0 aliphatic carbocycles. The molecule has 0 unspecified atom stereocenters. The summed E-state index contributed by atoms with van der Waals surface area (Å²) in [6, 6.07) is 4.84. The zero-order valence-corrected chi connectivity index (χ0v) is 16.2. The van der Waals surface area contributed by atoms with Gasteiger partial charge in [0.15, 0.2) is 0 Å². The Hall–Kier alpha value is -2.24. The number of anilines is 1. The molecule has 1 aliphatic rings. The van der Waals surface area contributed by atoms with Gasteiger partial charge in [-0.3, -0.25) is 4.98 Å². The Balaban J connectivity index is 2.01. The fourth-order valence-electron chi connectivity index (χ4n) is 3.72. The summed E-state index contributed by atoms with van der Waals surface area (Å²) < 4.78 is 43.3. The summed E-state index contributed by atoms with van der Waals surface area (Å²) in [6.45, 7) is 3.10. The van der Waals surface area contributed by atoms with Crippen LogP contribution in [-0.4, -0.2) is 45.2 Å². The summed E-state index contributed by atoms with van der Waals surface area (Å²) in [5.41, 5.74) is 1.59. The summed E-state index contributed by atoms with van der Waals surface area (Å²) in [5, 5.41) is 13.2. The van der Waals surface area contributed by atoms with Crippen molar-refractivity contribution < 1.29 is 17.5 Å². The quantitative estimate of drug-likeness (QED) is 0.843. The molecule has 0 atom stereocenters. The summed E-state index contributed by atoms with van der Waals surface area (Å²) in [4.78, 5) is 4.28. The molecule has 1 N–H and O–H groups in total. The van der Waals surface area contributed by atoms with E-state index in [1.54, 1.807) is 6.92 Å². The molecule has 0 bridgehead atoms. The van der Waals surface area contributed by atoms with Gasteiger partial charge in [-0.2, -0.15) is 5.26 Å². The topological polar surface area (TPSA) is 92.1 Å². The highest BCUT2D eigenvalue weighted by atomic mass is 32.2. The standard InChI is InChI=1S/C19H22FN3O3S/c1-13-7-15(20)8-16-17(13)22-10-14(9-21)18(16)23-11-19(12-27(2,24)25)3-5-26-6-4-19/h7-8,10H,3-6,11-12H2,1-2H3,(H,22,23). The first-order chi connectivity index (χ1) is 12.7. The van der Waals surface area contributed by atoms with Crippen molar-refractivity contribution in [3.8, 4) is 6.07 Å². The second-order valence-electron chi connectivity index (χ2n) is 7.31. The van der Waals surface area contributed by atoms with Crippen LogP contribution in [0.2, 0.25) is 0 Å². The van der Waals surface area contributed by atoms with E-state index < -0.39 is 21.1 Å². The van der Waals surface area contributed by atoms with Crippen molar-refractivity contribution >= 4 is 26.4 Å². The average molecular weight is 391 g/mol. The van der Waals surface area contributed by atoms with Crippen LogP contribution in [0.4, 0.5) is 10.1 Å². The predicted octanol–water partition coefficient (Wildman–Crippen LogP) is 2.81. The van der Waals surface area contributed by atoms with E-state index in [-0.39, 0.29) is 5.75 Å². The number of hydrogen-bond donors (Lipinski definition) is 1. The van der Waals surface area contributed by atoms with Gasteiger partial charge < -0.3 is 10.1 Å². The van der Waals surface area contributed by atoms with Crippen molar-refractivity contribution in [2.75, 3.05) is 37.1 Å². The number of ether oxygens (including phenoxy) is 1. The number of rotatable bonds is 5. The fraction of sp³-hybridized carbons (Fsp3) is 0.474. The van der Waals surface area contributed by atoms with E-state index in [9.17, 15) is 18.1 Å². The van der Waals surface area contributed by atoms with Crippen LogP contribution >= 0.6 is 0 Å². The number of benzene rings is 1. The molecule has 6 nitrogen and oxygen atoms in total. The lowest BCUT2D eigenvalue weighted by Crippen LogP contribution is -2.41. The van der Waals surface area contributed by atoms with Crippen molar-refractivity contribution in [3.63, 3.8) is 0 Å². The van der Waals surface area contributed by atoms with E-state index in [0.29, 0.717) is 60.3 Å². The van der Waals surface area contributed by atoms with Gasteiger partial charge in [-0.25, -0.2) is 12.8 Å². The normalized spacial score (nSPS) is 16.8. The summed E-state index contributed by atoms with van der Waals surface area (Å²) in [5.74, 6) is -0.369. The number of aromatic nitrogens is 1. The van der Waals surface area contributed by atoms with Crippen LogP contribution in [-0.2, 0) is 14.6 Å². The Morgan fingerprint density at radius 1 is 1.37 bits per heavy atom. The lowest BCUT2D eigenvalue weighted by atomic mass is 9.82. The molecule has 1 saturated heterocycles. The number of hydrogen-bond acceptors (Lipinski definition) is 6. The lowest BCUT2D eigenvalue weighted by Gasteiger charge is -2.37. The lowest BCUT2D eigenvalue weighted by molar-refractivity contribution is 0.0315. The molecule has 1 aromatic carbocycles. The molecular weight excluding hydrogens is 369 g/mol. The average Bonchev–Trinajstić information content (AvgIpc) is 2.58. The molecular formula is C19H22FN3O3S. The minimum atomic E-state index is -3.19. The van der Waals surface area contributed by atoms with Gasteiger partial charge >= 0.3 is 0 Å². The van der Waals surface area contributed by atoms with E-state index in [4.69, 9.17) is 4.74 Å². The second kappa shape index (κ2) is 7.41. The number of sulfone groups is 1. The molecule has 1 fully saturated rings. The molecule has 27 heavy (non-hydrogen) atoms. The van der Waals surface area contributed by atoms with Gasteiger partial charge in [0.05, 0.1) is 22.5 Å². The maximum atomic E-state index is 14.0. The van der Waals surface area contributed by atoms with Gasteiger partial charge in [-0.1, -0.05) is 0 Å². The molecule has 3 rings (SSSR count). The van der Waals surface area contributed by atoms with E-state index in [0.717, 1.165) is 0 Å². The van der Waals surface area contributed by atoms with Crippen molar-refractivity contribution in [1.29, 1.82) is 5.26 Å². The van der Waals surface area contributed by atoms with Crippen molar-refractivity contribution in [1.82, 2.24) is 4.98 Å². The summed E-state index contributed by atoms with van der Waals surface area (Å²) in [6.07, 6.45) is 3.89. The molecule has 1 aliphatic heterocycles. The molecule has 0 amide bonds. The van der Waals surface area contributed by atoms with Crippen molar-refractivity contribution in [2.24, 2.45) is 5.41 Å². The zero-order chi connectivity index (χ0) is 19.7. The Morgan fingerprint density at radius 3 is 2.70 bits per heavy atom. The Morgan fingerprint density at radius 2 is 2.07 bits per heavy atom. The van der Waals surface area contributed by atoms with E-state index in [1.807, 2.05) is 0 Å². The highest BCUT2D eigenvalue weighted by Crippen LogP contribution is 2.35. The molecule has 0 radical (unpaired) electrons. The third kappa shape index (κ3) is 4.37. The molecule has 2 aromatic rings. The monoisotopic (exact) mass is 391 g/mol. The van der Waals surface area contributed by atoms with Gasteiger partial charge in [0.2, 0.25) is 0 Å². The van der Waals surface area contributed by atoms with Crippen LogP contribution < -0.4 is 5.32 Å². The highest BCUT2D eigenvalue weighted by Gasteiger charge is 2.36. The van der Waals surface area contributed by atoms with Gasteiger partial charge in [-0.15, -0.1) is 0 Å². The molecule has 2 heterocycles. The predicted molar refractivity (Wildman–Crippen MR) is 102 cm³/mol. The number of nitriles is 1. The van der Waals surface area contributed by atoms with Gasteiger partial charge in [0.1, 0.15) is 21.7 Å². The van der Waals surface area contributed by atoms with Gasteiger partial charge in [-0.05, 0) is 37.5 Å². The maximum Gasteiger partial charge on any atom is 0.148 e. The fourth-order valence-corrected chi connectivity index (χ4v) is 5.22. The zero-order valence-electron chi connectivity index (χ0n) is 15.4. The molecule has 8 heteroatoms. The Labute approximate surface area is 158 Å². The highest BCUT2D eigenvalue weighted by molar-refractivity contribution is 7.90.